The molecule has 1 saturated heterocycles. The van der Waals surface area contributed by atoms with Crippen LogP contribution in [0.25, 0.3) is 11.1 Å². The van der Waals surface area contributed by atoms with Crippen LogP contribution < -0.4 is 4.72 Å². The van der Waals surface area contributed by atoms with Gasteiger partial charge in [0, 0.05) is 0 Å². The Morgan fingerprint density at radius 2 is 1.79 bits per heavy atom. The number of ketones is 1. The van der Waals surface area contributed by atoms with Crippen molar-refractivity contribution in [2.24, 2.45) is 0 Å². The van der Waals surface area contributed by atoms with Gasteiger partial charge in [-0.15, -0.1) is 0 Å². The number of nitrogens with zero attached hydrogens (tertiary/aromatic N) is 1. The third-order valence-electron chi connectivity index (χ3n) is 5.20. The highest BCUT2D eigenvalue weighted by Crippen LogP contribution is 2.25. The van der Waals surface area contributed by atoms with E-state index in [0.717, 1.165) is 11.1 Å². The van der Waals surface area contributed by atoms with Crippen LogP contribution in [-0.4, -0.2) is 51.0 Å². The van der Waals surface area contributed by atoms with E-state index < -0.39 is 33.4 Å². The van der Waals surface area contributed by atoms with Crippen molar-refractivity contribution in [1.82, 2.24) is 9.62 Å². The lowest BCUT2D eigenvalue weighted by Gasteiger charge is -2.28. The first kappa shape index (κ1) is 20.6. The summed E-state index contributed by atoms with van der Waals surface area (Å²) in [6.07, 6.45) is 1.05. The van der Waals surface area contributed by atoms with Crippen LogP contribution in [0.3, 0.4) is 0 Å². The number of nitrogens with one attached hydrogen (secondary N) is 1. The standard InChI is InChI=1S/C21H25FN2O3S/c1-15-12-17(16-6-4-3-5-7-16)13-19(21(15)22)20(25)14-23-28(26,27)18-8-10-24(2)11-9-18/h3-7,12-13,18,23H,8-11,14H2,1-2H3. The van der Waals surface area contributed by atoms with Crippen LogP contribution in [0.5, 0.6) is 0 Å². The molecule has 5 nitrogen and oxygen atoms in total. The molecule has 0 aliphatic carbocycles. The minimum Gasteiger partial charge on any atom is -0.306 e. The van der Waals surface area contributed by atoms with E-state index in [4.69, 9.17) is 0 Å². The van der Waals surface area contributed by atoms with Gasteiger partial charge in [0.1, 0.15) is 5.82 Å². The van der Waals surface area contributed by atoms with Gasteiger partial charge in [0.2, 0.25) is 10.0 Å². The minimum absolute atomic E-state index is 0.0927. The maximum absolute atomic E-state index is 14.6. The van der Waals surface area contributed by atoms with E-state index in [2.05, 4.69) is 9.62 Å². The molecule has 7 heteroatoms. The summed E-state index contributed by atoms with van der Waals surface area (Å²) in [6, 6.07) is 12.5. The molecule has 1 fully saturated rings. The molecule has 150 valence electrons. The first-order chi connectivity index (χ1) is 13.3. The molecule has 2 aromatic rings. The zero-order valence-electron chi connectivity index (χ0n) is 16.1. The molecule has 1 aliphatic rings. The lowest BCUT2D eigenvalue weighted by atomic mass is 9.98. The van der Waals surface area contributed by atoms with Crippen molar-refractivity contribution in [3.05, 3.63) is 59.4 Å². The van der Waals surface area contributed by atoms with E-state index in [1.165, 1.54) is 6.07 Å². The van der Waals surface area contributed by atoms with Gasteiger partial charge in [0.25, 0.3) is 0 Å². The molecule has 0 aromatic heterocycles. The summed E-state index contributed by atoms with van der Waals surface area (Å²) < 4.78 is 41.9. The monoisotopic (exact) mass is 404 g/mol. The maximum atomic E-state index is 14.6. The largest absolute Gasteiger partial charge is 0.306 e. The Hall–Kier alpha value is -2.09. The average molecular weight is 405 g/mol. The molecule has 1 N–H and O–H groups in total. The summed E-state index contributed by atoms with van der Waals surface area (Å²) in [7, 11) is -1.67. The zero-order chi connectivity index (χ0) is 20.3. The highest BCUT2D eigenvalue weighted by Gasteiger charge is 2.29. The molecular formula is C21H25FN2O3S. The van der Waals surface area contributed by atoms with Gasteiger partial charge in [0.15, 0.2) is 5.78 Å². The van der Waals surface area contributed by atoms with Crippen molar-refractivity contribution in [3.8, 4) is 11.1 Å². The second-order valence-corrected chi connectivity index (χ2v) is 9.36. The lowest BCUT2D eigenvalue weighted by Crippen LogP contribution is -2.43. The second-order valence-electron chi connectivity index (χ2n) is 7.31. The van der Waals surface area contributed by atoms with Crippen molar-refractivity contribution in [3.63, 3.8) is 0 Å². The molecule has 0 saturated carbocycles. The van der Waals surface area contributed by atoms with Crippen LogP contribution in [-0.2, 0) is 10.0 Å². The van der Waals surface area contributed by atoms with E-state index in [0.29, 0.717) is 31.5 Å². The van der Waals surface area contributed by atoms with E-state index in [1.807, 2.05) is 37.4 Å². The van der Waals surface area contributed by atoms with E-state index in [9.17, 15) is 17.6 Å². The Morgan fingerprint density at radius 3 is 2.43 bits per heavy atom. The summed E-state index contributed by atoms with van der Waals surface area (Å²) >= 11 is 0. The average Bonchev–Trinajstić information content (AvgIpc) is 2.69. The molecule has 1 aliphatic heterocycles. The SMILES string of the molecule is Cc1cc(-c2ccccc2)cc(C(=O)CNS(=O)(=O)C2CCN(C)CC2)c1F. The number of aryl methyl sites for hydroxylation is 1. The molecule has 0 radical (unpaired) electrons. The van der Waals surface area contributed by atoms with Gasteiger partial charge in [-0.2, -0.15) is 0 Å². The number of hydrogen-bond acceptors (Lipinski definition) is 4. The smallest absolute Gasteiger partial charge is 0.214 e. The Bertz CT molecular complexity index is 953. The maximum Gasteiger partial charge on any atom is 0.214 e. The predicted molar refractivity (Wildman–Crippen MR) is 108 cm³/mol. The second kappa shape index (κ2) is 8.51. The highest BCUT2D eigenvalue weighted by molar-refractivity contribution is 7.90. The Morgan fingerprint density at radius 1 is 1.14 bits per heavy atom. The van der Waals surface area contributed by atoms with Gasteiger partial charge in [-0.3, -0.25) is 4.79 Å². The normalized spacial score (nSPS) is 16.2. The first-order valence-electron chi connectivity index (χ1n) is 9.33. The molecule has 28 heavy (non-hydrogen) atoms. The Balaban J connectivity index is 1.76. The Kier molecular flexibility index (Phi) is 6.27. The number of hydrogen-bond donors (Lipinski definition) is 1. The van der Waals surface area contributed by atoms with Crippen LogP contribution in [0, 0.1) is 12.7 Å². The fourth-order valence-electron chi connectivity index (χ4n) is 3.44. The quantitative estimate of drug-likeness (QED) is 0.752. The van der Waals surface area contributed by atoms with Gasteiger partial charge >= 0.3 is 0 Å². The lowest BCUT2D eigenvalue weighted by molar-refractivity contribution is 0.0993. The molecular weight excluding hydrogens is 379 g/mol. The number of sulfonamides is 1. The third kappa shape index (κ3) is 4.66. The van der Waals surface area contributed by atoms with E-state index in [-0.39, 0.29) is 5.56 Å². The van der Waals surface area contributed by atoms with Gasteiger partial charge in [0.05, 0.1) is 17.4 Å². The van der Waals surface area contributed by atoms with E-state index in [1.54, 1.807) is 13.0 Å². The molecule has 0 unspecified atom stereocenters. The number of Topliss-reactive ketones (excluding diaryl/α,β-unsaturated/α-hetero) is 1. The number of halogens is 1. The van der Waals surface area contributed by atoms with Crippen molar-refractivity contribution in [2.45, 2.75) is 25.0 Å². The van der Waals surface area contributed by atoms with Gasteiger partial charge in [-0.25, -0.2) is 17.5 Å². The summed E-state index contributed by atoms with van der Waals surface area (Å²) in [5, 5.41) is -0.515. The van der Waals surface area contributed by atoms with Crippen molar-refractivity contribution in [1.29, 1.82) is 0 Å². The first-order valence-corrected chi connectivity index (χ1v) is 10.9. The summed E-state index contributed by atoms with van der Waals surface area (Å²) in [6.45, 7) is 2.56. The molecule has 1 heterocycles. The fraction of sp³-hybridized carbons (Fsp3) is 0.381. The van der Waals surface area contributed by atoms with Crippen LogP contribution in [0.2, 0.25) is 0 Å². The van der Waals surface area contributed by atoms with Crippen LogP contribution in [0.1, 0.15) is 28.8 Å². The summed E-state index contributed by atoms with van der Waals surface area (Å²) in [4.78, 5) is 14.7. The van der Waals surface area contributed by atoms with Crippen LogP contribution in [0.4, 0.5) is 4.39 Å². The fourth-order valence-corrected chi connectivity index (χ4v) is 4.84. The molecule has 0 bridgehead atoms. The minimum atomic E-state index is -3.62. The number of rotatable bonds is 6. The van der Waals surface area contributed by atoms with Crippen molar-refractivity contribution in [2.75, 3.05) is 26.7 Å². The number of carbonyl (C=O) groups is 1. The van der Waals surface area contributed by atoms with Crippen LogP contribution in [0.15, 0.2) is 42.5 Å². The Labute approximate surface area is 165 Å². The summed E-state index contributed by atoms with van der Waals surface area (Å²) in [5.74, 6) is -1.18. The molecule has 0 spiro atoms. The topological polar surface area (TPSA) is 66.5 Å². The van der Waals surface area contributed by atoms with Gasteiger partial charge < -0.3 is 4.90 Å². The number of carbonyl (C=O) groups excluding carboxylic acids is 1. The molecule has 0 atom stereocenters. The zero-order valence-corrected chi connectivity index (χ0v) is 16.9. The van der Waals surface area contributed by atoms with Crippen LogP contribution >= 0.6 is 0 Å². The predicted octanol–water partition coefficient (Wildman–Crippen LogP) is 3.00. The molecule has 0 amide bonds. The number of benzene rings is 2. The number of piperidine rings is 1. The van der Waals surface area contributed by atoms with Crippen molar-refractivity contribution >= 4 is 15.8 Å². The van der Waals surface area contributed by atoms with E-state index >= 15 is 0 Å². The molecule has 3 rings (SSSR count). The highest BCUT2D eigenvalue weighted by atomic mass is 32.2. The summed E-state index contributed by atoms with van der Waals surface area (Å²) in [5.41, 5.74) is 1.85. The van der Waals surface area contributed by atoms with Crippen molar-refractivity contribution < 1.29 is 17.6 Å². The third-order valence-corrected chi connectivity index (χ3v) is 7.10. The van der Waals surface area contributed by atoms with Gasteiger partial charge in [-0.1, -0.05) is 30.3 Å². The molecule has 2 aromatic carbocycles. The van der Waals surface area contributed by atoms with Gasteiger partial charge in [-0.05, 0) is 68.7 Å². The number of likely N-dealkylation sites (tertiary alicyclic amines) is 1.